The van der Waals surface area contributed by atoms with Crippen molar-refractivity contribution in [3.05, 3.63) is 104 Å². The minimum atomic E-state index is -0.552. The van der Waals surface area contributed by atoms with Crippen LogP contribution in [0.25, 0.3) is 0 Å². The summed E-state index contributed by atoms with van der Waals surface area (Å²) in [5, 5.41) is 10.7. The van der Waals surface area contributed by atoms with Crippen LogP contribution in [-0.2, 0) is 11.4 Å². The van der Waals surface area contributed by atoms with Crippen molar-refractivity contribution in [3.63, 3.8) is 0 Å². The van der Waals surface area contributed by atoms with Crippen molar-refractivity contribution in [2.75, 3.05) is 17.7 Å². The van der Waals surface area contributed by atoms with E-state index in [1.807, 2.05) is 74.5 Å². The highest BCUT2D eigenvalue weighted by atomic mass is 79.9. The normalized spacial score (nSPS) is 14.5. The number of aryl methyl sites for hydroxylation is 1. The fraction of sp³-hybridized carbons (Fsp3) is 0.179. The molecule has 1 aliphatic rings. The van der Waals surface area contributed by atoms with E-state index in [-0.39, 0.29) is 5.91 Å². The van der Waals surface area contributed by atoms with Crippen molar-refractivity contribution >= 4 is 49.4 Å². The molecule has 4 aromatic rings. The maximum Gasteiger partial charge on any atom is 0.255 e. The first-order valence-electron chi connectivity index (χ1n) is 11.8. The molecule has 0 aliphatic carbocycles. The summed E-state index contributed by atoms with van der Waals surface area (Å²) >= 11 is 7.12. The van der Waals surface area contributed by atoms with Crippen LogP contribution in [0.1, 0.15) is 29.7 Å². The number of amides is 1. The molecule has 38 heavy (non-hydrogen) atoms. The van der Waals surface area contributed by atoms with Crippen LogP contribution in [0.15, 0.2) is 87.2 Å². The van der Waals surface area contributed by atoms with E-state index >= 15 is 0 Å². The molecule has 1 amide bonds. The Bertz CT molecular complexity index is 1530. The van der Waals surface area contributed by atoms with Crippen LogP contribution in [0.5, 0.6) is 11.5 Å². The number of carbonyl (C=O) groups is 1. The van der Waals surface area contributed by atoms with E-state index in [1.54, 1.807) is 11.8 Å². The van der Waals surface area contributed by atoms with Gasteiger partial charge < -0.3 is 20.1 Å². The second kappa shape index (κ2) is 11.0. The topological polar surface area (TPSA) is 90.3 Å². The summed E-state index contributed by atoms with van der Waals surface area (Å²) in [5.41, 5.74) is 4.78. The Kier molecular flexibility index (Phi) is 7.53. The predicted molar refractivity (Wildman–Crippen MR) is 153 cm³/mol. The van der Waals surface area contributed by atoms with Gasteiger partial charge in [-0.2, -0.15) is 10.1 Å². The van der Waals surface area contributed by atoms with Gasteiger partial charge in [0.15, 0.2) is 11.5 Å². The largest absolute Gasteiger partial charge is 0.493 e. The monoisotopic (exact) mass is 637 g/mol. The Morgan fingerprint density at radius 1 is 1.11 bits per heavy atom. The lowest BCUT2D eigenvalue weighted by Gasteiger charge is -2.29. The molecule has 1 aromatic heterocycles. The maximum absolute atomic E-state index is 13.7. The fourth-order valence-electron chi connectivity index (χ4n) is 4.39. The summed E-state index contributed by atoms with van der Waals surface area (Å²) in [6.07, 6.45) is 1.46. The van der Waals surface area contributed by atoms with E-state index < -0.39 is 6.04 Å². The molecule has 5 rings (SSSR count). The highest BCUT2D eigenvalue weighted by Gasteiger charge is 2.34. The van der Waals surface area contributed by atoms with E-state index in [4.69, 9.17) is 9.47 Å². The van der Waals surface area contributed by atoms with Crippen molar-refractivity contribution in [2.45, 2.75) is 26.5 Å². The van der Waals surface area contributed by atoms with E-state index in [0.29, 0.717) is 45.5 Å². The predicted octanol–water partition coefficient (Wildman–Crippen LogP) is 6.63. The number of allylic oxidation sites excluding steroid dienone is 1. The third-order valence-electron chi connectivity index (χ3n) is 6.18. The van der Waals surface area contributed by atoms with Crippen molar-refractivity contribution < 1.29 is 14.3 Å². The summed E-state index contributed by atoms with van der Waals surface area (Å²) in [6, 6.07) is 18.9. The van der Waals surface area contributed by atoms with Gasteiger partial charge in [-0.05, 0) is 82.9 Å². The number of methoxy groups -OCH3 is 1. The number of nitrogens with zero attached hydrogens (tertiary/aromatic N) is 3. The molecule has 2 heterocycles. The van der Waals surface area contributed by atoms with E-state index in [9.17, 15) is 4.79 Å². The van der Waals surface area contributed by atoms with Crippen molar-refractivity contribution in [1.29, 1.82) is 0 Å². The molecule has 3 aromatic carbocycles. The number of hydrogen-bond acceptors (Lipinski definition) is 6. The Hall–Kier alpha value is -3.63. The molecule has 8 nitrogen and oxygen atoms in total. The highest BCUT2D eigenvalue weighted by Crippen LogP contribution is 2.43. The number of rotatable bonds is 7. The second-order valence-corrected chi connectivity index (χ2v) is 10.6. The SMILES string of the molecule is COc1cc(C2C(C(=O)Nc3cccc(C)c3)=C(C)Nc3ncnn32)cc(Br)c1OCc1ccc(Br)cc1. The Labute approximate surface area is 237 Å². The van der Waals surface area contributed by atoms with E-state index in [1.165, 1.54) is 6.33 Å². The zero-order valence-corrected chi connectivity index (χ0v) is 24.1. The van der Waals surface area contributed by atoms with Crippen LogP contribution in [0.3, 0.4) is 0 Å². The van der Waals surface area contributed by atoms with Crippen LogP contribution >= 0.6 is 31.9 Å². The summed E-state index contributed by atoms with van der Waals surface area (Å²) in [6.45, 7) is 4.21. The lowest BCUT2D eigenvalue weighted by Crippen LogP contribution is -2.31. The first-order valence-corrected chi connectivity index (χ1v) is 13.4. The molecule has 1 atom stereocenters. The Morgan fingerprint density at radius 2 is 1.89 bits per heavy atom. The summed E-state index contributed by atoms with van der Waals surface area (Å²) in [7, 11) is 1.59. The standard InChI is InChI=1S/C28H25Br2N5O3/c1-16-5-4-6-21(11-16)34-27(36)24-17(2)33-28-31-15-32-35(28)25(24)19-12-22(30)26(23(13-19)37-3)38-14-18-7-9-20(29)10-8-18/h4-13,15,25H,14H2,1-3H3,(H,34,36)(H,31,32,33). The first kappa shape index (κ1) is 26.0. The molecule has 194 valence electrons. The highest BCUT2D eigenvalue weighted by molar-refractivity contribution is 9.10. The quantitative estimate of drug-likeness (QED) is 0.236. The molecular weight excluding hydrogens is 614 g/mol. The Balaban J connectivity index is 1.51. The molecule has 0 fully saturated rings. The zero-order valence-electron chi connectivity index (χ0n) is 21.0. The van der Waals surface area contributed by atoms with Gasteiger partial charge in [0.05, 0.1) is 17.2 Å². The average molecular weight is 639 g/mol. The van der Waals surface area contributed by atoms with Gasteiger partial charge in [-0.15, -0.1) is 0 Å². The number of fused-ring (bicyclic) bond motifs is 1. The van der Waals surface area contributed by atoms with Gasteiger partial charge >= 0.3 is 0 Å². The average Bonchev–Trinajstić information content (AvgIpc) is 3.35. The number of ether oxygens (including phenoxy) is 2. The smallest absolute Gasteiger partial charge is 0.255 e. The van der Waals surface area contributed by atoms with Crippen LogP contribution in [-0.4, -0.2) is 27.8 Å². The number of aromatic nitrogens is 3. The number of halogens is 2. The maximum atomic E-state index is 13.7. The second-order valence-electron chi connectivity index (χ2n) is 8.87. The van der Waals surface area contributed by atoms with E-state index in [0.717, 1.165) is 21.2 Å². The zero-order chi connectivity index (χ0) is 26.8. The summed E-state index contributed by atoms with van der Waals surface area (Å²) < 4.78 is 15.3. The molecule has 0 saturated heterocycles. The third kappa shape index (κ3) is 5.32. The number of carbonyl (C=O) groups excluding carboxylic acids is 1. The molecule has 2 N–H and O–H groups in total. The number of benzene rings is 3. The van der Waals surface area contributed by atoms with Gasteiger partial charge in [0.25, 0.3) is 5.91 Å². The van der Waals surface area contributed by atoms with Gasteiger partial charge in [0, 0.05) is 15.9 Å². The first-order chi connectivity index (χ1) is 18.3. The summed E-state index contributed by atoms with van der Waals surface area (Å²) in [5.74, 6) is 1.41. The van der Waals surface area contributed by atoms with Crippen LogP contribution in [0.4, 0.5) is 11.6 Å². The Morgan fingerprint density at radius 3 is 2.63 bits per heavy atom. The molecular formula is C28H25Br2N5O3. The van der Waals surface area contributed by atoms with Crippen LogP contribution in [0, 0.1) is 6.92 Å². The minimum absolute atomic E-state index is 0.239. The lowest BCUT2D eigenvalue weighted by molar-refractivity contribution is -0.113. The molecule has 10 heteroatoms. The molecule has 1 unspecified atom stereocenters. The van der Waals surface area contributed by atoms with E-state index in [2.05, 4.69) is 52.6 Å². The molecule has 1 aliphatic heterocycles. The van der Waals surface area contributed by atoms with Crippen LogP contribution in [0.2, 0.25) is 0 Å². The minimum Gasteiger partial charge on any atom is -0.493 e. The molecule has 0 spiro atoms. The number of anilines is 2. The molecule has 0 bridgehead atoms. The van der Waals surface area contributed by atoms with Gasteiger partial charge in [-0.25, -0.2) is 4.68 Å². The number of hydrogen-bond donors (Lipinski definition) is 2. The van der Waals surface area contributed by atoms with Gasteiger partial charge in [-0.3, -0.25) is 4.79 Å². The molecule has 0 radical (unpaired) electrons. The fourth-order valence-corrected chi connectivity index (χ4v) is 5.23. The number of nitrogens with one attached hydrogen (secondary N) is 2. The van der Waals surface area contributed by atoms with Gasteiger partial charge in [0.2, 0.25) is 5.95 Å². The van der Waals surface area contributed by atoms with Gasteiger partial charge in [-0.1, -0.05) is 40.2 Å². The molecule has 0 saturated carbocycles. The lowest BCUT2D eigenvalue weighted by atomic mass is 9.94. The van der Waals surface area contributed by atoms with Gasteiger partial charge in [0.1, 0.15) is 19.0 Å². The summed E-state index contributed by atoms with van der Waals surface area (Å²) in [4.78, 5) is 18.0. The van der Waals surface area contributed by atoms with Crippen LogP contribution < -0.4 is 20.1 Å². The van der Waals surface area contributed by atoms with Crippen molar-refractivity contribution in [1.82, 2.24) is 14.8 Å². The third-order valence-corrected chi connectivity index (χ3v) is 7.30. The van der Waals surface area contributed by atoms with Crippen molar-refractivity contribution in [3.8, 4) is 11.5 Å². The van der Waals surface area contributed by atoms with Crippen molar-refractivity contribution in [2.24, 2.45) is 0 Å².